The number of hydrogen-bond acceptors (Lipinski definition) is 3. The van der Waals surface area contributed by atoms with Gasteiger partial charge in [-0.3, -0.25) is 9.59 Å². The molecule has 0 bridgehead atoms. The summed E-state index contributed by atoms with van der Waals surface area (Å²) in [4.78, 5) is 24.1. The number of benzene rings is 2. The van der Waals surface area contributed by atoms with Crippen LogP contribution in [-0.4, -0.2) is 23.0 Å². The first kappa shape index (κ1) is 19.1. The second-order valence-electron chi connectivity index (χ2n) is 7.41. The molecule has 4 rings (SSSR count). The van der Waals surface area contributed by atoms with Crippen molar-refractivity contribution in [2.45, 2.75) is 32.7 Å². The average molecular weight is 391 g/mol. The number of fused-ring (bicyclic) bond motifs is 1. The number of anilines is 2. The summed E-state index contributed by atoms with van der Waals surface area (Å²) >= 11 is 0. The normalized spacial score (nSPS) is 13.3. The number of carbonyl (C=O) groups is 2. The molecule has 1 aromatic heterocycles. The Kier molecular flexibility index (Phi) is 5.51. The van der Waals surface area contributed by atoms with Gasteiger partial charge in [-0.2, -0.15) is 0 Å². The molecule has 2 aromatic carbocycles. The third-order valence-electron chi connectivity index (χ3n) is 4.94. The van der Waals surface area contributed by atoms with Crippen LogP contribution in [0.2, 0.25) is 0 Å². The number of ether oxygens (including phenoxy) is 1. The monoisotopic (exact) mass is 391 g/mol. The molecular formula is C23H25N3O3. The van der Waals surface area contributed by atoms with E-state index in [9.17, 15) is 9.59 Å². The molecule has 0 unspecified atom stereocenters. The Morgan fingerprint density at radius 1 is 1.07 bits per heavy atom. The average Bonchev–Trinajstić information content (AvgIpc) is 3.50. The third-order valence-corrected chi connectivity index (χ3v) is 4.94. The molecule has 0 atom stereocenters. The lowest BCUT2D eigenvalue weighted by Gasteiger charge is -2.10. The van der Waals surface area contributed by atoms with Gasteiger partial charge in [0.15, 0.2) is 6.61 Å². The highest BCUT2D eigenvalue weighted by atomic mass is 16.5. The number of nitrogens with zero attached hydrogens (tertiary/aromatic N) is 1. The maximum absolute atomic E-state index is 12.3. The summed E-state index contributed by atoms with van der Waals surface area (Å²) in [6, 6.07) is 15.1. The summed E-state index contributed by atoms with van der Waals surface area (Å²) in [6.45, 7) is 3.02. The van der Waals surface area contributed by atoms with Crippen LogP contribution in [0.5, 0.6) is 5.75 Å². The second-order valence-corrected chi connectivity index (χ2v) is 7.41. The highest BCUT2D eigenvalue weighted by molar-refractivity contribution is 5.95. The SMILES string of the molecule is CCCn1ccc2cc(NC(=O)COc3cccc(NC(=O)C4CC4)c3)ccc21. The van der Waals surface area contributed by atoms with Crippen LogP contribution < -0.4 is 15.4 Å². The van der Waals surface area contributed by atoms with Crippen molar-refractivity contribution in [1.82, 2.24) is 4.57 Å². The Bertz CT molecular complexity index is 1040. The minimum atomic E-state index is -0.232. The molecule has 3 aromatic rings. The molecule has 0 saturated heterocycles. The summed E-state index contributed by atoms with van der Waals surface area (Å²) < 4.78 is 7.80. The largest absolute Gasteiger partial charge is 0.484 e. The van der Waals surface area contributed by atoms with Gasteiger partial charge in [-0.1, -0.05) is 13.0 Å². The van der Waals surface area contributed by atoms with Gasteiger partial charge in [0.1, 0.15) is 5.75 Å². The molecule has 2 N–H and O–H groups in total. The Hall–Kier alpha value is -3.28. The minimum Gasteiger partial charge on any atom is -0.484 e. The summed E-state index contributed by atoms with van der Waals surface area (Å²) in [5.74, 6) is 0.496. The fourth-order valence-electron chi connectivity index (χ4n) is 3.31. The van der Waals surface area contributed by atoms with Gasteiger partial charge >= 0.3 is 0 Å². The zero-order chi connectivity index (χ0) is 20.2. The van der Waals surface area contributed by atoms with E-state index in [1.807, 2.05) is 24.3 Å². The number of carbonyl (C=O) groups excluding carboxylic acids is 2. The van der Waals surface area contributed by atoms with Crippen LogP contribution in [0.4, 0.5) is 11.4 Å². The number of aromatic nitrogens is 1. The smallest absolute Gasteiger partial charge is 0.262 e. The molecular weight excluding hydrogens is 366 g/mol. The Balaban J connectivity index is 1.33. The molecule has 0 spiro atoms. The molecule has 6 heteroatoms. The zero-order valence-electron chi connectivity index (χ0n) is 16.5. The van der Waals surface area contributed by atoms with Crippen LogP contribution in [0.15, 0.2) is 54.7 Å². The number of rotatable bonds is 8. The van der Waals surface area contributed by atoms with Crippen molar-refractivity contribution in [3.8, 4) is 5.75 Å². The Morgan fingerprint density at radius 2 is 1.90 bits per heavy atom. The highest BCUT2D eigenvalue weighted by Gasteiger charge is 2.29. The van der Waals surface area contributed by atoms with E-state index in [1.54, 1.807) is 18.2 Å². The first-order valence-corrected chi connectivity index (χ1v) is 10.0. The van der Waals surface area contributed by atoms with E-state index in [1.165, 1.54) is 0 Å². The standard InChI is InChI=1S/C23H25N3O3/c1-2-11-26-12-10-17-13-19(8-9-21(17)26)24-22(27)15-29-20-5-3-4-18(14-20)25-23(28)16-6-7-16/h3-5,8-10,12-14,16H,2,6-7,11,15H2,1H3,(H,24,27)(H,25,28). The zero-order valence-corrected chi connectivity index (χ0v) is 16.5. The van der Waals surface area contributed by atoms with E-state index in [-0.39, 0.29) is 24.3 Å². The number of nitrogens with one attached hydrogen (secondary N) is 2. The molecule has 2 amide bonds. The highest BCUT2D eigenvalue weighted by Crippen LogP contribution is 2.30. The van der Waals surface area contributed by atoms with Gasteiger partial charge in [-0.25, -0.2) is 0 Å². The van der Waals surface area contributed by atoms with Crippen LogP contribution in [0.25, 0.3) is 10.9 Å². The van der Waals surface area contributed by atoms with Crippen LogP contribution in [0.3, 0.4) is 0 Å². The van der Waals surface area contributed by atoms with E-state index in [0.29, 0.717) is 11.4 Å². The van der Waals surface area contributed by atoms with Gasteiger partial charge in [0.05, 0.1) is 0 Å². The first-order chi connectivity index (χ1) is 14.1. The predicted molar refractivity (Wildman–Crippen MR) is 114 cm³/mol. The van der Waals surface area contributed by atoms with Crippen molar-refractivity contribution in [2.75, 3.05) is 17.2 Å². The molecule has 150 valence electrons. The topological polar surface area (TPSA) is 72.4 Å². The minimum absolute atomic E-state index is 0.0445. The van der Waals surface area contributed by atoms with Crippen LogP contribution in [0.1, 0.15) is 26.2 Å². The number of hydrogen-bond donors (Lipinski definition) is 2. The number of amides is 2. The quantitative estimate of drug-likeness (QED) is 0.597. The van der Waals surface area contributed by atoms with Crippen molar-refractivity contribution in [3.63, 3.8) is 0 Å². The van der Waals surface area contributed by atoms with Crippen LogP contribution in [0, 0.1) is 5.92 Å². The van der Waals surface area contributed by atoms with Crippen molar-refractivity contribution < 1.29 is 14.3 Å². The summed E-state index contributed by atoms with van der Waals surface area (Å²) in [7, 11) is 0. The maximum Gasteiger partial charge on any atom is 0.262 e. The van der Waals surface area contributed by atoms with Gasteiger partial charge in [-0.05, 0) is 55.7 Å². The third kappa shape index (κ3) is 4.77. The van der Waals surface area contributed by atoms with E-state index < -0.39 is 0 Å². The molecule has 1 fully saturated rings. The van der Waals surface area contributed by atoms with E-state index in [2.05, 4.69) is 34.4 Å². The van der Waals surface area contributed by atoms with Crippen molar-refractivity contribution >= 4 is 34.1 Å². The lowest BCUT2D eigenvalue weighted by atomic mass is 10.2. The molecule has 0 aliphatic heterocycles. The molecule has 6 nitrogen and oxygen atoms in total. The molecule has 1 aliphatic carbocycles. The van der Waals surface area contributed by atoms with E-state index in [0.717, 1.165) is 42.4 Å². The van der Waals surface area contributed by atoms with Gasteiger partial charge in [0.25, 0.3) is 5.91 Å². The van der Waals surface area contributed by atoms with Gasteiger partial charge in [-0.15, -0.1) is 0 Å². The second kappa shape index (κ2) is 8.39. The molecule has 29 heavy (non-hydrogen) atoms. The predicted octanol–water partition coefficient (Wildman–Crippen LogP) is 4.42. The van der Waals surface area contributed by atoms with Gasteiger partial charge < -0.3 is 19.9 Å². The molecule has 1 saturated carbocycles. The summed E-state index contributed by atoms with van der Waals surface area (Å²) in [5, 5.41) is 6.84. The van der Waals surface area contributed by atoms with Gasteiger partial charge in [0.2, 0.25) is 5.91 Å². The van der Waals surface area contributed by atoms with Crippen LogP contribution in [-0.2, 0) is 16.1 Å². The Morgan fingerprint density at radius 3 is 2.69 bits per heavy atom. The fraction of sp³-hybridized carbons (Fsp3) is 0.304. The molecule has 0 radical (unpaired) electrons. The van der Waals surface area contributed by atoms with E-state index in [4.69, 9.17) is 4.74 Å². The molecule has 1 heterocycles. The van der Waals surface area contributed by atoms with Crippen molar-refractivity contribution in [3.05, 3.63) is 54.7 Å². The number of aryl methyl sites for hydroxylation is 1. The first-order valence-electron chi connectivity index (χ1n) is 10.0. The van der Waals surface area contributed by atoms with E-state index >= 15 is 0 Å². The lowest BCUT2D eigenvalue weighted by Crippen LogP contribution is -2.20. The van der Waals surface area contributed by atoms with Gasteiger partial charge in [0, 0.05) is 47.0 Å². The lowest BCUT2D eigenvalue weighted by molar-refractivity contribution is -0.118. The van der Waals surface area contributed by atoms with Crippen LogP contribution >= 0.6 is 0 Å². The van der Waals surface area contributed by atoms with Crippen molar-refractivity contribution in [1.29, 1.82) is 0 Å². The summed E-state index contributed by atoms with van der Waals surface area (Å²) in [5.41, 5.74) is 2.58. The fourth-order valence-corrected chi connectivity index (χ4v) is 3.31. The maximum atomic E-state index is 12.3. The Labute approximate surface area is 169 Å². The van der Waals surface area contributed by atoms with Crippen molar-refractivity contribution in [2.24, 2.45) is 5.92 Å². The summed E-state index contributed by atoms with van der Waals surface area (Å²) in [6.07, 6.45) is 5.05. The molecule has 1 aliphatic rings.